The molecular formula is C22H34IN5S. The quantitative estimate of drug-likeness (QED) is 0.342. The molecule has 0 aliphatic carbocycles. The Bertz CT molecular complexity index is 759. The number of likely N-dealkylation sites (N-methyl/N-ethyl adjacent to an activating group) is 1. The fraction of sp³-hybridized carbons (Fsp3) is 0.500. The fourth-order valence-electron chi connectivity index (χ4n) is 3.44. The van der Waals surface area contributed by atoms with E-state index in [1.807, 2.05) is 18.4 Å². The van der Waals surface area contributed by atoms with Crippen molar-refractivity contribution in [3.05, 3.63) is 57.3 Å². The molecule has 0 atom stereocenters. The van der Waals surface area contributed by atoms with E-state index in [4.69, 9.17) is 0 Å². The highest BCUT2D eigenvalue weighted by Gasteiger charge is 2.12. The van der Waals surface area contributed by atoms with Crippen molar-refractivity contribution in [2.24, 2.45) is 4.99 Å². The molecule has 1 aromatic carbocycles. The van der Waals surface area contributed by atoms with Gasteiger partial charge in [-0.3, -0.25) is 9.89 Å². The van der Waals surface area contributed by atoms with Crippen LogP contribution in [0.25, 0.3) is 0 Å². The van der Waals surface area contributed by atoms with E-state index in [-0.39, 0.29) is 24.0 Å². The van der Waals surface area contributed by atoms with E-state index in [9.17, 15) is 0 Å². The lowest BCUT2D eigenvalue weighted by atomic mass is 10.1. The minimum absolute atomic E-state index is 0. The summed E-state index contributed by atoms with van der Waals surface area (Å²) in [5, 5.41) is 6.79. The van der Waals surface area contributed by atoms with Crippen molar-refractivity contribution in [1.82, 2.24) is 20.4 Å². The monoisotopic (exact) mass is 527 g/mol. The van der Waals surface area contributed by atoms with Crippen molar-refractivity contribution in [1.29, 1.82) is 0 Å². The minimum atomic E-state index is 0. The predicted molar refractivity (Wildman–Crippen MR) is 135 cm³/mol. The number of benzene rings is 1. The highest BCUT2D eigenvalue weighted by atomic mass is 127. The molecule has 29 heavy (non-hydrogen) atoms. The number of guanidine groups is 1. The number of hydrogen-bond acceptors (Lipinski definition) is 4. The van der Waals surface area contributed by atoms with Crippen molar-refractivity contribution >= 4 is 41.3 Å². The molecule has 0 radical (unpaired) electrons. The van der Waals surface area contributed by atoms with E-state index in [0.29, 0.717) is 0 Å². The van der Waals surface area contributed by atoms with E-state index in [1.54, 1.807) is 0 Å². The molecule has 0 amide bonds. The molecule has 1 aliphatic rings. The van der Waals surface area contributed by atoms with Crippen LogP contribution in [0.1, 0.15) is 27.3 Å². The van der Waals surface area contributed by atoms with Gasteiger partial charge in [-0.15, -0.1) is 35.3 Å². The van der Waals surface area contributed by atoms with Crippen LogP contribution >= 0.6 is 35.3 Å². The molecule has 2 heterocycles. The number of halogens is 1. The maximum absolute atomic E-state index is 4.32. The number of nitrogens with zero attached hydrogens (tertiary/aromatic N) is 3. The zero-order chi connectivity index (χ0) is 19.8. The number of aliphatic imine (C=N–C) groups is 1. The molecule has 0 unspecified atom stereocenters. The van der Waals surface area contributed by atoms with Crippen molar-refractivity contribution in [2.75, 3.05) is 40.3 Å². The smallest absolute Gasteiger partial charge is 0.191 e. The molecule has 1 aliphatic heterocycles. The second-order valence-electron chi connectivity index (χ2n) is 7.54. The average molecular weight is 528 g/mol. The van der Waals surface area contributed by atoms with Crippen LogP contribution < -0.4 is 10.6 Å². The molecule has 5 nitrogen and oxygen atoms in total. The summed E-state index contributed by atoms with van der Waals surface area (Å²) >= 11 is 1.82. The van der Waals surface area contributed by atoms with Gasteiger partial charge in [0.25, 0.3) is 0 Å². The summed E-state index contributed by atoms with van der Waals surface area (Å²) in [6.45, 7) is 9.49. The van der Waals surface area contributed by atoms with Crippen LogP contribution in [-0.2, 0) is 19.6 Å². The summed E-state index contributed by atoms with van der Waals surface area (Å²) in [5.74, 6) is 0.837. The molecule has 2 N–H and O–H groups in total. The predicted octanol–water partition coefficient (Wildman–Crippen LogP) is 3.68. The summed E-state index contributed by atoms with van der Waals surface area (Å²) in [7, 11) is 4.03. The van der Waals surface area contributed by atoms with Gasteiger partial charge in [0.15, 0.2) is 5.96 Å². The molecule has 3 rings (SSSR count). The van der Waals surface area contributed by atoms with Gasteiger partial charge in [-0.05, 0) is 56.7 Å². The zero-order valence-corrected chi connectivity index (χ0v) is 20.9. The van der Waals surface area contributed by atoms with Gasteiger partial charge in [0.2, 0.25) is 0 Å². The van der Waals surface area contributed by atoms with Crippen molar-refractivity contribution in [3.8, 4) is 0 Å². The molecule has 1 saturated heterocycles. The van der Waals surface area contributed by atoms with Crippen molar-refractivity contribution in [3.63, 3.8) is 0 Å². The SMILES string of the molecule is CN=C(NCc1ccc(CN2CCCN(C)CC2)cc1)NCc1ccc(C)s1.I. The van der Waals surface area contributed by atoms with Gasteiger partial charge in [-0.2, -0.15) is 0 Å². The maximum atomic E-state index is 4.32. The topological polar surface area (TPSA) is 42.9 Å². The van der Waals surface area contributed by atoms with Gasteiger partial charge in [-0.1, -0.05) is 24.3 Å². The first kappa shape index (κ1) is 24.1. The van der Waals surface area contributed by atoms with E-state index in [2.05, 4.69) is 75.8 Å². The molecule has 0 spiro atoms. The molecule has 0 bridgehead atoms. The van der Waals surface area contributed by atoms with Gasteiger partial charge in [0, 0.05) is 43.0 Å². The highest BCUT2D eigenvalue weighted by Crippen LogP contribution is 2.14. The summed E-state index contributed by atoms with van der Waals surface area (Å²) in [4.78, 5) is 12.0. The summed E-state index contributed by atoms with van der Waals surface area (Å²) in [5.41, 5.74) is 2.66. The average Bonchev–Trinajstić information content (AvgIpc) is 3.01. The van der Waals surface area contributed by atoms with Crippen molar-refractivity contribution < 1.29 is 0 Å². The first-order valence-electron chi connectivity index (χ1n) is 10.1. The maximum Gasteiger partial charge on any atom is 0.191 e. The fourth-order valence-corrected chi connectivity index (χ4v) is 4.27. The van der Waals surface area contributed by atoms with Gasteiger partial charge < -0.3 is 15.5 Å². The molecular weight excluding hydrogens is 493 g/mol. The van der Waals surface area contributed by atoms with Gasteiger partial charge >= 0.3 is 0 Å². The molecule has 7 heteroatoms. The van der Waals surface area contributed by atoms with Crippen molar-refractivity contribution in [2.45, 2.75) is 33.0 Å². The highest BCUT2D eigenvalue weighted by molar-refractivity contribution is 14.0. The lowest BCUT2D eigenvalue weighted by Crippen LogP contribution is -2.36. The molecule has 1 aromatic heterocycles. The van der Waals surface area contributed by atoms with Crippen LogP contribution in [-0.4, -0.2) is 56.0 Å². The Balaban J connectivity index is 0.00000300. The number of aryl methyl sites for hydroxylation is 1. The Morgan fingerprint density at radius 2 is 1.69 bits per heavy atom. The molecule has 0 saturated carbocycles. The Labute approximate surface area is 196 Å². The standard InChI is InChI=1S/C22H33N5S.HI/c1-18-5-10-21(28-18)16-25-22(23-2)24-15-19-6-8-20(9-7-19)17-27-12-4-11-26(3)13-14-27;/h5-10H,4,11-17H2,1-3H3,(H2,23,24,25);1H. The second kappa shape index (κ2) is 12.5. The van der Waals surface area contributed by atoms with Crippen LogP contribution in [0.4, 0.5) is 0 Å². The third kappa shape index (κ3) is 8.24. The molecule has 1 fully saturated rings. The Morgan fingerprint density at radius 3 is 2.38 bits per heavy atom. The first-order chi connectivity index (χ1) is 13.6. The third-order valence-electron chi connectivity index (χ3n) is 5.15. The Hall–Kier alpha value is -1.16. The van der Waals surface area contributed by atoms with Crippen LogP contribution in [0, 0.1) is 6.92 Å². The minimum Gasteiger partial charge on any atom is -0.352 e. The van der Waals surface area contributed by atoms with E-state index in [1.165, 1.54) is 46.9 Å². The summed E-state index contributed by atoms with van der Waals surface area (Å²) < 4.78 is 0. The lowest BCUT2D eigenvalue weighted by molar-refractivity contribution is 0.269. The van der Waals surface area contributed by atoms with E-state index in [0.717, 1.165) is 32.1 Å². The van der Waals surface area contributed by atoms with Crippen LogP contribution in [0.5, 0.6) is 0 Å². The normalized spacial score (nSPS) is 16.2. The van der Waals surface area contributed by atoms with Gasteiger partial charge in [0.1, 0.15) is 0 Å². The second-order valence-corrected chi connectivity index (χ2v) is 8.91. The molecule has 160 valence electrons. The van der Waals surface area contributed by atoms with E-state index >= 15 is 0 Å². The Kier molecular flexibility index (Phi) is 10.4. The third-order valence-corrected chi connectivity index (χ3v) is 6.15. The van der Waals surface area contributed by atoms with Gasteiger partial charge in [0.05, 0.1) is 6.54 Å². The lowest BCUT2D eigenvalue weighted by Gasteiger charge is -2.20. The Morgan fingerprint density at radius 1 is 0.966 bits per heavy atom. The van der Waals surface area contributed by atoms with Crippen LogP contribution in [0.3, 0.4) is 0 Å². The number of hydrogen-bond donors (Lipinski definition) is 2. The number of thiophene rings is 1. The largest absolute Gasteiger partial charge is 0.352 e. The molecule has 2 aromatic rings. The van der Waals surface area contributed by atoms with Crippen LogP contribution in [0.2, 0.25) is 0 Å². The van der Waals surface area contributed by atoms with Gasteiger partial charge in [-0.25, -0.2) is 0 Å². The summed E-state index contributed by atoms with van der Waals surface area (Å²) in [6, 6.07) is 13.3. The van der Waals surface area contributed by atoms with E-state index < -0.39 is 0 Å². The van der Waals surface area contributed by atoms with Crippen LogP contribution in [0.15, 0.2) is 41.4 Å². The zero-order valence-electron chi connectivity index (χ0n) is 17.8. The first-order valence-corrected chi connectivity index (χ1v) is 10.9. The number of rotatable bonds is 6. The number of nitrogens with one attached hydrogen (secondary N) is 2. The summed E-state index contributed by atoms with van der Waals surface area (Å²) in [6.07, 6.45) is 1.26.